The van der Waals surface area contributed by atoms with E-state index in [0.29, 0.717) is 24.4 Å². The van der Waals surface area contributed by atoms with Crippen LogP contribution < -0.4 is 10.9 Å². The topological polar surface area (TPSA) is 94.7 Å². The largest absolute Gasteiger partial charge is 0.324 e. The van der Waals surface area contributed by atoms with E-state index < -0.39 is 6.04 Å². The number of nitrogens with one attached hydrogen (secondary N) is 1. The Balaban J connectivity index is 1.49. The third kappa shape index (κ3) is 3.36. The predicted octanol–water partition coefficient (Wildman–Crippen LogP) is 3.41. The molecule has 3 heterocycles. The van der Waals surface area contributed by atoms with E-state index in [-0.39, 0.29) is 11.3 Å². The number of hydrogen-bond donors (Lipinski definition) is 1. The van der Waals surface area contributed by atoms with Crippen LogP contribution in [0.2, 0.25) is 0 Å². The summed E-state index contributed by atoms with van der Waals surface area (Å²) in [4.78, 5) is 34.0. The zero-order chi connectivity index (χ0) is 20.5. The lowest BCUT2D eigenvalue weighted by Gasteiger charge is -2.23. The highest BCUT2D eigenvalue weighted by Crippen LogP contribution is 2.27. The summed E-state index contributed by atoms with van der Waals surface area (Å²) >= 11 is 0. The monoisotopic (exact) mass is 400 g/mol. The van der Waals surface area contributed by atoms with Crippen molar-refractivity contribution in [3.8, 4) is 5.69 Å². The van der Waals surface area contributed by atoms with Crippen molar-refractivity contribution < 1.29 is 4.79 Å². The minimum absolute atomic E-state index is 0.0955. The quantitative estimate of drug-likeness (QED) is 0.564. The van der Waals surface area contributed by atoms with Crippen LogP contribution in [0, 0.1) is 0 Å². The number of ketones is 1. The van der Waals surface area contributed by atoms with E-state index in [4.69, 9.17) is 0 Å². The van der Waals surface area contributed by atoms with Crippen molar-refractivity contribution in [2.24, 2.45) is 0 Å². The van der Waals surface area contributed by atoms with Gasteiger partial charge in [-0.1, -0.05) is 6.42 Å². The minimum atomic E-state index is -0.453. The van der Waals surface area contributed by atoms with Gasteiger partial charge in [-0.15, -0.1) is 0 Å². The van der Waals surface area contributed by atoms with Gasteiger partial charge in [-0.05, 0) is 49.2 Å². The third-order valence-corrected chi connectivity index (χ3v) is 5.39. The number of anilines is 2. The highest BCUT2D eigenvalue weighted by atomic mass is 16.1. The van der Waals surface area contributed by atoms with E-state index in [9.17, 15) is 9.59 Å². The van der Waals surface area contributed by atoms with Gasteiger partial charge < -0.3 is 5.32 Å². The maximum absolute atomic E-state index is 12.6. The smallest absolute Gasteiger partial charge is 0.252 e. The van der Waals surface area contributed by atoms with Gasteiger partial charge in [-0.25, -0.2) is 9.67 Å². The molecular weight excluding hydrogens is 380 g/mol. The van der Waals surface area contributed by atoms with Crippen molar-refractivity contribution in [1.29, 1.82) is 0 Å². The van der Waals surface area contributed by atoms with E-state index in [2.05, 4.69) is 20.4 Å². The van der Waals surface area contributed by atoms with E-state index in [0.717, 1.165) is 29.6 Å². The number of nitrogens with zero attached hydrogens (tertiary/aromatic N) is 5. The molecule has 8 nitrogen and oxygen atoms in total. The van der Waals surface area contributed by atoms with Crippen molar-refractivity contribution in [2.45, 2.75) is 31.7 Å². The Morgan fingerprint density at radius 1 is 1.03 bits per heavy atom. The molecule has 1 aliphatic rings. The van der Waals surface area contributed by atoms with Crippen molar-refractivity contribution in [3.05, 3.63) is 71.4 Å². The maximum Gasteiger partial charge on any atom is 0.252 e. The number of aromatic nitrogens is 5. The zero-order valence-electron chi connectivity index (χ0n) is 16.2. The zero-order valence-corrected chi connectivity index (χ0v) is 16.2. The number of benzene rings is 1. The molecule has 1 atom stereocenters. The van der Waals surface area contributed by atoms with Gasteiger partial charge in [0.05, 0.1) is 11.7 Å². The van der Waals surface area contributed by atoms with Crippen molar-refractivity contribution in [1.82, 2.24) is 24.3 Å². The molecule has 0 aliphatic heterocycles. The van der Waals surface area contributed by atoms with E-state index in [1.54, 1.807) is 23.1 Å². The molecule has 0 saturated heterocycles. The van der Waals surface area contributed by atoms with Crippen LogP contribution in [-0.2, 0) is 4.79 Å². The molecule has 0 radical (unpaired) electrons. The number of rotatable bonds is 4. The first kappa shape index (κ1) is 18.2. The molecule has 5 rings (SSSR count). The molecule has 4 aromatic rings. The first-order valence-electron chi connectivity index (χ1n) is 9.97. The lowest BCUT2D eigenvalue weighted by atomic mass is 9.93. The van der Waals surface area contributed by atoms with E-state index in [1.165, 1.54) is 10.6 Å². The Hall–Kier alpha value is -3.81. The predicted molar refractivity (Wildman–Crippen MR) is 113 cm³/mol. The Kier molecular flexibility index (Phi) is 4.59. The number of fused-ring (bicyclic) bond motifs is 1. The van der Waals surface area contributed by atoms with Gasteiger partial charge in [-0.3, -0.25) is 14.2 Å². The molecule has 1 aromatic carbocycles. The highest BCUT2D eigenvalue weighted by Gasteiger charge is 2.26. The molecule has 1 fully saturated rings. The average Bonchev–Trinajstić information content (AvgIpc) is 3.30. The highest BCUT2D eigenvalue weighted by molar-refractivity contribution is 5.85. The summed E-state index contributed by atoms with van der Waals surface area (Å²) in [5.41, 5.74) is 2.02. The molecule has 0 amide bonds. The Labute approximate surface area is 172 Å². The molecule has 0 bridgehead atoms. The lowest BCUT2D eigenvalue weighted by Crippen LogP contribution is -2.32. The summed E-state index contributed by atoms with van der Waals surface area (Å²) in [5.74, 6) is 0.468. The van der Waals surface area contributed by atoms with Gasteiger partial charge in [0.1, 0.15) is 5.65 Å². The molecule has 1 aliphatic carbocycles. The maximum atomic E-state index is 12.6. The van der Waals surface area contributed by atoms with Gasteiger partial charge >= 0.3 is 0 Å². The van der Waals surface area contributed by atoms with Crippen LogP contribution in [0.1, 0.15) is 31.7 Å². The molecule has 1 unspecified atom stereocenters. The minimum Gasteiger partial charge on any atom is -0.324 e. The average molecular weight is 400 g/mol. The summed E-state index contributed by atoms with van der Waals surface area (Å²) in [6, 6.07) is 12.3. The Morgan fingerprint density at radius 3 is 2.67 bits per heavy atom. The van der Waals surface area contributed by atoms with Crippen molar-refractivity contribution in [3.63, 3.8) is 0 Å². The molecule has 1 saturated carbocycles. The second-order valence-electron chi connectivity index (χ2n) is 7.36. The van der Waals surface area contributed by atoms with Gasteiger partial charge in [0.15, 0.2) is 5.78 Å². The number of carbonyl (C=O) groups is 1. The summed E-state index contributed by atoms with van der Waals surface area (Å²) in [6.07, 6.45) is 8.26. The SMILES string of the molecule is O=C1CCCCC1n1c(=O)ccc2cnc(Nc3ccc(-n4cccn4)cc3)nc21. The van der Waals surface area contributed by atoms with Gasteiger partial charge in [-0.2, -0.15) is 10.1 Å². The fourth-order valence-electron chi connectivity index (χ4n) is 3.89. The van der Waals surface area contributed by atoms with Crippen molar-refractivity contribution in [2.75, 3.05) is 5.32 Å². The van der Waals surface area contributed by atoms with Gasteiger partial charge in [0.25, 0.3) is 5.56 Å². The molecule has 30 heavy (non-hydrogen) atoms. The second-order valence-corrected chi connectivity index (χ2v) is 7.36. The number of carbonyl (C=O) groups excluding carboxylic acids is 1. The third-order valence-electron chi connectivity index (χ3n) is 5.39. The molecular formula is C22H20N6O2. The molecule has 1 N–H and O–H groups in total. The number of Topliss-reactive ketones (excluding diaryl/α,β-unsaturated/α-hetero) is 1. The fourth-order valence-corrected chi connectivity index (χ4v) is 3.89. The van der Waals surface area contributed by atoms with Crippen LogP contribution in [-0.4, -0.2) is 30.1 Å². The molecule has 3 aromatic heterocycles. The number of hydrogen-bond acceptors (Lipinski definition) is 6. The van der Waals surface area contributed by atoms with Gasteiger partial charge in [0, 0.05) is 42.2 Å². The van der Waals surface area contributed by atoms with Crippen LogP contribution >= 0.6 is 0 Å². The van der Waals surface area contributed by atoms with Crippen LogP contribution in [0.25, 0.3) is 16.7 Å². The summed E-state index contributed by atoms with van der Waals surface area (Å²) in [7, 11) is 0. The van der Waals surface area contributed by atoms with Crippen LogP contribution in [0.3, 0.4) is 0 Å². The standard InChI is InChI=1S/C22H20N6O2/c29-19-5-2-1-4-18(19)28-20(30)11-6-15-14-23-22(26-21(15)28)25-16-7-9-17(10-8-16)27-13-3-12-24-27/h3,6-14,18H,1-2,4-5H2,(H,23,25,26). The van der Waals surface area contributed by atoms with E-state index in [1.807, 2.05) is 36.5 Å². The van der Waals surface area contributed by atoms with Crippen LogP contribution in [0.4, 0.5) is 11.6 Å². The van der Waals surface area contributed by atoms with Crippen LogP contribution in [0.15, 0.2) is 65.8 Å². The molecule has 150 valence electrons. The van der Waals surface area contributed by atoms with Crippen LogP contribution in [0.5, 0.6) is 0 Å². The van der Waals surface area contributed by atoms with E-state index >= 15 is 0 Å². The molecule has 8 heteroatoms. The summed E-state index contributed by atoms with van der Waals surface area (Å²) in [5, 5.41) is 8.12. The first-order chi connectivity index (χ1) is 14.7. The fraction of sp³-hybridized carbons (Fsp3) is 0.227. The lowest BCUT2D eigenvalue weighted by molar-refractivity contribution is -0.123. The Morgan fingerprint density at radius 2 is 1.90 bits per heavy atom. The first-order valence-corrected chi connectivity index (χ1v) is 9.97. The number of pyridine rings is 1. The van der Waals surface area contributed by atoms with Crippen molar-refractivity contribution >= 4 is 28.5 Å². The Bertz CT molecular complexity index is 1260. The molecule has 0 spiro atoms. The summed E-state index contributed by atoms with van der Waals surface area (Å²) < 4.78 is 3.31. The summed E-state index contributed by atoms with van der Waals surface area (Å²) in [6.45, 7) is 0. The van der Waals surface area contributed by atoms with Gasteiger partial charge in [0.2, 0.25) is 5.95 Å². The normalized spacial score (nSPS) is 16.7. The second kappa shape index (κ2) is 7.55.